The minimum Gasteiger partial charge on any atom is -0.293 e. The summed E-state index contributed by atoms with van der Waals surface area (Å²) in [7, 11) is 0. The van der Waals surface area contributed by atoms with Crippen LogP contribution < -0.4 is 0 Å². The van der Waals surface area contributed by atoms with Gasteiger partial charge >= 0.3 is 0 Å². The predicted molar refractivity (Wildman–Crippen MR) is 70.0 cm³/mol. The number of carbonyl (C=O) groups excluding carboxylic acids is 1. The summed E-state index contributed by atoms with van der Waals surface area (Å²) in [6, 6.07) is 9.55. The van der Waals surface area contributed by atoms with E-state index in [0.717, 1.165) is 18.7 Å². The second-order valence-electron chi connectivity index (χ2n) is 4.63. The molecule has 1 aromatic carbocycles. The first-order valence-corrected chi connectivity index (χ1v) is 6.45. The summed E-state index contributed by atoms with van der Waals surface area (Å²) in [6.07, 6.45) is 4.37. The zero-order valence-electron chi connectivity index (χ0n) is 10.3. The van der Waals surface area contributed by atoms with Crippen LogP contribution in [-0.2, 0) is 0 Å². The first-order chi connectivity index (χ1) is 8.33. The molecule has 2 nitrogen and oxygen atoms in total. The highest BCUT2D eigenvalue weighted by Gasteiger charge is 2.25. The van der Waals surface area contributed by atoms with E-state index in [1.807, 2.05) is 30.3 Å². The van der Waals surface area contributed by atoms with Crippen LogP contribution in [0.25, 0.3) is 0 Å². The summed E-state index contributed by atoms with van der Waals surface area (Å²) in [5.41, 5.74) is 0.812. The fourth-order valence-corrected chi connectivity index (χ4v) is 2.50. The highest BCUT2D eigenvalue weighted by molar-refractivity contribution is 6.00. The molecule has 1 fully saturated rings. The molecule has 2 heteroatoms. The Bertz CT molecular complexity index is 354. The SMILES string of the molecule is [CH2]CC(C(=O)c1ccccc1)N1CCCCC1. The molecule has 1 unspecified atom stereocenters. The maximum absolute atomic E-state index is 12.4. The van der Waals surface area contributed by atoms with E-state index in [1.54, 1.807) is 0 Å². The van der Waals surface area contributed by atoms with Crippen molar-refractivity contribution in [3.8, 4) is 0 Å². The molecule has 1 aromatic rings. The van der Waals surface area contributed by atoms with Crippen LogP contribution in [0.4, 0.5) is 0 Å². The van der Waals surface area contributed by atoms with E-state index in [1.165, 1.54) is 19.3 Å². The van der Waals surface area contributed by atoms with Crippen LogP contribution in [0.5, 0.6) is 0 Å². The van der Waals surface area contributed by atoms with Gasteiger partial charge in [-0.3, -0.25) is 9.69 Å². The predicted octanol–water partition coefficient (Wildman–Crippen LogP) is 2.95. The highest BCUT2D eigenvalue weighted by Crippen LogP contribution is 2.17. The van der Waals surface area contributed by atoms with Gasteiger partial charge < -0.3 is 0 Å². The number of hydrogen-bond donors (Lipinski definition) is 0. The molecule has 0 aliphatic carbocycles. The number of piperidine rings is 1. The van der Waals surface area contributed by atoms with Gasteiger partial charge in [-0.25, -0.2) is 0 Å². The van der Waals surface area contributed by atoms with Gasteiger partial charge in [0.1, 0.15) is 0 Å². The van der Waals surface area contributed by atoms with Crippen molar-refractivity contribution in [2.45, 2.75) is 31.7 Å². The fourth-order valence-electron chi connectivity index (χ4n) is 2.50. The largest absolute Gasteiger partial charge is 0.293 e. The number of carbonyl (C=O) groups is 1. The number of ketones is 1. The molecule has 0 saturated carbocycles. The average molecular weight is 230 g/mol. The van der Waals surface area contributed by atoms with E-state index in [9.17, 15) is 4.79 Å². The van der Waals surface area contributed by atoms with Crippen molar-refractivity contribution < 1.29 is 4.79 Å². The van der Waals surface area contributed by atoms with Gasteiger partial charge in [0.25, 0.3) is 0 Å². The quantitative estimate of drug-likeness (QED) is 0.741. The third-order valence-corrected chi connectivity index (χ3v) is 3.47. The molecule has 0 aromatic heterocycles. The van der Waals surface area contributed by atoms with Crippen LogP contribution >= 0.6 is 0 Å². The Balaban J connectivity index is 2.09. The molecule has 91 valence electrons. The van der Waals surface area contributed by atoms with E-state index in [4.69, 9.17) is 0 Å². The van der Waals surface area contributed by atoms with E-state index < -0.39 is 0 Å². The molecule has 1 aliphatic rings. The first kappa shape index (κ1) is 12.3. The van der Waals surface area contributed by atoms with Gasteiger partial charge in [0.2, 0.25) is 0 Å². The topological polar surface area (TPSA) is 20.3 Å². The lowest BCUT2D eigenvalue weighted by molar-refractivity contribution is 0.0786. The van der Waals surface area contributed by atoms with Crippen molar-refractivity contribution in [3.63, 3.8) is 0 Å². The molecule has 1 heterocycles. The van der Waals surface area contributed by atoms with Gasteiger partial charge in [0, 0.05) is 5.56 Å². The minimum absolute atomic E-state index is 0.0299. The number of Topliss-reactive ketones (excluding diaryl/α,β-unsaturated/α-hetero) is 1. The molecular weight excluding hydrogens is 210 g/mol. The Morgan fingerprint density at radius 3 is 2.41 bits per heavy atom. The van der Waals surface area contributed by atoms with Crippen LogP contribution in [-0.4, -0.2) is 29.8 Å². The lowest BCUT2D eigenvalue weighted by atomic mass is 9.98. The van der Waals surface area contributed by atoms with Crippen molar-refractivity contribution >= 4 is 5.78 Å². The Morgan fingerprint density at radius 2 is 1.82 bits per heavy atom. The number of hydrogen-bond acceptors (Lipinski definition) is 2. The first-order valence-electron chi connectivity index (χ1n) is 6.45. The summed E-state index contributed by atoms with van der Waals surface area (Å²) in [6.45, 7) is 6.03. The molecule has 0 bridgehead atoms. The summed E-state index contributed by atoms with van der Waals surface area (Å²) in [5, 5.41) is 0. The third-order valence-electron chi connectivity index (χ3n) is 3.47. The maximum atomic E-state index is 12.4. The van der Waals surface area contributed by atoms with E-state index >= 15 is 0 Å². The summed E-state index contributed by atoms with van der Waals surface area (Å²) >= 11 is 0. The smallest absolute Gasteiger partial charge is 0.179 e. The van der Waals surface area contributed by atoms with Crippen molar-refractivity contribution in [2.24, 2.45) is 0 Å². The van der Waals surface area contributed by atoms with Crippen LogP contribution in [0, 0.1) is 6.92 Å². The second-order valence-corrected chi connectivity index (χ2v) is 4.63. The molecule has 1 saturated heterocycles. The van der Waals surface area contributed by atoms with Gasteiger partial charge in [-0.05, 0) is 32.4 Å². The summed E-state index contributed by atoms with van der Waals surface area (Å²) in [5.74, 6) is 0.225. The fraction of sp³-hybridized carbons (Fsp3) is 0.467. The second kappa shape index (κ2) is 5.97. The van der Waals surface area contributed by atoms with Gasteiger partial charge in [-0.15, -0.1) is 0 Å². The zero-order valence-corrected chi connectivity index (χ0v) is 10.3. The number of likely N-dealkylation sites (tertiary alicyclic amines) is 1. The monoisotopic (exact) mass is 230 g/mol. The van der Waals surface area contributed by atoms with Gasteiger partial charge in [-0.1, -0.05) is 43.7 Å². The molecule has 1 radical (unpaired) electrons. The van der Waals surface area contributed by atoms with Crippen LogP contribution in [0.3, 0.4) is 0 Å². The van der Waals surface area contributed by atoms with Crippen LogP contribution in [0.2, 0.25) is 0 Å². The highest BCUT2D eigenvalue weighted by atomic mass is 16.1. The molecule has 0 amide bonds. The maximum Gasteiger partial charge on any atom is 0.179 e. The van der Waals surface area contributed by atoms with Crippen molar-refractivity contribution in [1.82, 2.24) is 4.90 Å². The lowest BCUT2D eigenvalue weighted by Gasteiger charge is -2.33. The van der Waals surface area contributed by atoms with Gasteiger partial charge in [0.15, 0.2) is 5.78 Å². The molecule has 1 aliphatic heterocycles. The number of rotatable bonds is 4. The molecule has 0 spiro atoms. The van der Waals surface area contributed by atoms with Gasteiger partial charge in [0.05, 0.1) is 6.04 Å². The average Bonchev–Trinajstić information content (AvgIpc) is 2.42. The van der Waals surface area contributed by atoms with E-state index in [2.05, 4.69) is 11.8 Å². The normalized spacial score (nSPS) is 18.9. The number of nitrogens with zero attached hydrogens (tertiary/aromatic N) is 1. The van der Waals surface area contributed by atoms with Crippen molar-refractivity contribution in [3.05, 3.63) is 42.8 Å². The summed E-state index contributed by atoms with van der Waals surface area (Å²) < 4.78 is 0. The Kier molecular flexibility index (Phi) is 4.32. The molecule has 0 N–H and O–H groups in total. The Hall–Kier alpha value is -1.15. The van der Waals surface area contributed by atoms with Gasteiger partial charge in [-0.2, -0.15) is 0 Å². The van der Waals surface area contributed by atoms with E-state index in [-0.39, 0.29) is 11.8 Å². The lowest BCUT2D eigenvalue weighted by Crippen LogP contribution is -2.43. The molecule has 1 atom stereocenters. The number of benzene rings is 1. The standard InChI is InChI=1S/C15H20NO/c1-2-14(16-11-7-4-8-12-16)15(17)13-9-5-3-6-10-13/h3,5-6,9-10,14H,1-2,4,7-8,11-12H2. The van der Waals surface area contributed by atoms with Crippen LogP contribution in [0.1, 0.15) is 36.0 Å². The van der Waals surface area contributed by atoms with E-state index in [0.29, 0.717) is 6.42 Å². The zero-order chi connectivity index (χ0) is 12.1. The van der Waals surface area contributed by atoms with Crippen molar-refractivity contribution in [2.75, 3.05) is 13.1 Å². The Labute approximate surface area is 104 Å². The third kappa shape index (κ3) is 2.95. The molecular formula is C15H20NO. The molecule has 17 heavy (non-hydrogen) atoms. The van der Waals surface area contributed by atoms with Crippen molar-refractivity contribution in [1.29, 1.82) is 0 Å². The minimum atomic E-state index is -0.0299. The Morgan fingerprint density at radius 1 is 1.18 bits per heavy atom. The van der Waals surface area contributed by atoms with Crippen LogP contribution in [0.15, 0.2) is 30.3 Å². The summed E-state index contributed by atoms with van der Waals surface area (Å²) in [4.78, 5) is 14.7. The molecule has 2 rings (SSSR count).